The topological polar surface area (TPSA) is 81.6 Å². The summed E-state index contributed by atoms with van der Waals surface area (Å²) in [5.41, 5.74) is 5.07. The third-order valence-electron chi connectivity index (χ3n) is 5.24. The molecule has 154 valence electrons. The maximum atomic E-state index is 6.52. The molecular formula is C20H21ClN8S. The standard InChI is InChI=1S/C20H21ClN8S/c1-12(26-18-17-20(24-10-23-18)30-11-25-17)19-27-15-5-3-4-14(21)16(15)13(2)29(19)28-8-6-22-7-9-28/h3-5,10-12,22H,2,6-9H2,1H3,(H,23,24,26)/t12-/m0/s1. The van der Waals surface area contributed by atoms with Crippen molar-refractivity contribution in [2.24, 2.45) is 4.99 Å². The van der Waals surface area contributed by atoms with Crippen LogP contribution in [0.4, 0.5) is 11.5 Å². The minimum Gasteiger partial charge on any atom is -0.358 e. The molecule has 2 aliphatic rings. The smallest absolute Gasteiger partial charge is 0.157 e. The van der Waals surface area contributed by atoms with Gasteiger partial charge in [0.2, 0.25) is 0 Å². The normalized spacial score (nSPS) is 18.3. The predicted octanol–water partition coefficient (Wildman–Crippen LogP) is 3.38. The summed E-state index contributed by atoms with van der Waals surface area (Å²) in [5.74, 6) is 1.54. The maximum Gasteiger partial charge on any atom is 0.157 e. The number of amidine groups is 1. The molecule has 0 amide bonds. The molecule has 8 nitrogen and oxygen atoms in total. The van der Waals surface area contributed by atoms with Gasteiger partial charge in [-0.25, -0.2) is 25.0 Å². The highest BCUT2D eigenvalue weighted by molar-refractivity contribution is 7.16. The van der Waals surface area contributed by atoms with Crippen LogP contribution in [-0.4, -0.2) is 63.0 Å². The summed E-state index contributed by atoms with van der Waals surface area (Å²) in [6.07, 6.45) is 1.56. The Bertz CT molecular complexity index is 1140. The molecule has 1 fully saturated rings. The lowest BCUT2D eigenvalue weighted by atomic mass is 10.1. The van der Waals surface area contributed by atoms with Crippen LogP contribution in [0.1, 0.15) is 12.5 Å². The molecular weight excluding hydrogens is 420 g/mol. The number of anilines is 1. The molecule has 30 heavy (non-hydrogen) atoms. The largest absolute Gasteiger partial charge is 0.358 e. The molecule has 0 aliphatic carbocycles. The van der Waals surface area contributed by atoms with Crippen LogP contribution in [0, 0.1) is 0 Å². The maximum absolute atomic E-state index is 6.52. The molecule has 5 rings (SSSR count). The summed E-state index contributed by atoms with van der Waals surface area (Å²) in [4.78, 5) is 18.9. The number of hydrogen-bond acceptors (Lipinski definition) is 9. The minimum absolute atomic E-state index is 0.149. The summed E-state index contributed by atoms with van der Waals surface area (Å²) in [7, 11) is 0. The number of fused-ring (bicyclic) bond motifs is 2. The van der Waals surface area contributed by atoms with Crippen molar-refractivity contribution in [2.45, 2.75) is 13.0 Å². The Morgan fingerprint density at radius 1 is 1.23 bits per heavy atom. The van der Waals surface area contributed by atoms with E-state index in [1.165, 1.54) is 11.3 Å². The Balaban J connectivity index is 1.55. The van der Waals surface area contributed by atoms with E-state index in [0.717, 1.165) is 59.3 Å². The number of aromatic nitrogens is 3. The second kappa shape index (κ2) is 7.92. The van der Waals surface area contributed by atoms with Crippen LogP contribution in [0.2, 0.25) is 5.02 Å². The fourth-order valence-electron chi connectivity index (χ4n) is 3.82. The van der Waals surface area contributed by atoms with E-state index in [1.807, 2.05) is 18.2 Å². The van der Waals surface area contributed by atoms with Crippen LogP contribution < -0.4 is 10.6 Å². The van der Waals surface area contributed by atoms with Crippen LogP contribution in [-0.2, 0) is 0 Å². The van der Waals surface area contributed by atoms with Gasteiger partial charge < -0.3 is 10.6 Å². The number of halogens is 1. The zero-order valence-corrected chi connectivity index (χ0v) is 18.0. The minimum atomic E-state index is -0.149. The fourth-order valence-corrected chi connectivity index (χ4v) is 4.73. The molecule has 4 heterocycles. The molecule has 3 aromatic rings. The average molecular weight is 441 g/mol. The number of hydrogen-bond donors (Lipinski definition) is 2. The molecule has 0 unspecified atom stereocenters. The Kier molecular flexibility index (Phi) is 5.11. The number of thiazole rings is 1. The average Bonchev–Trinajstić information content (AvgIpc) is 3.24. The van der Waals surface area contributed by atoms with Gasteiger partial charge in [0, 0.05) is 31.7 Å². The van der Waals surface area contributed by atoms with Gasteiger partial charge in [-0.3, -0.25) is 5.01 Å². The highest BCUT2D eigenvalue weighted by atomic mass is 35.5. The van der Waals surface area contributed by atoms with Gasteiger partial charge in [0.05, 0.1) is 28.0 Å². The van der Waals surface area contributed by atoms with Crippen molar-refractivity contribution in [2.75, 3.05) is 31.5 Å². The van der Waals surface area contributed by atoms with Gasteiger partial charge in [-0.1, -0.05) is 24.2 Å². The van der Waals surface area contributed by atoms with Gasteiger partial charge in [0.1, 0.15) is 22.5 Å². The fraction of sp³-hybridized carbons (Fsp3) is 0.300. The summed E-state index contributed by atoms with van der Waals surface area (Å²) in [5, 5.41) is 11.9. The highest BCUT2D eigenvalue weighted by Gasteiger charge is 2.33. The van der Waals surface area contributed by atoms with Crippen molar-refractivity contribution in [1.82, 2.24) is 30.3 Å². The van der Waals surface area contributed by atoms with E-state index >= 15 is 0 Å². The van der Waals surface area contributed by atoms with Crippen molar-refractivity contribution in [3.05, 3.63) is 47.2 Å². The lowest BCUT2D eigenvalue weighted by Crippen LogP contribution is -2.56. The van der Waals surface area contributed by atoms with E-state index in [0.29, 0.717) is 10.8 Å². The first-order valence-corrected chi connectivity index (χ1v) is 11.0. The number of rotatable bonds is 4. The molecule has 0 saturated carbocycles. The first-order valence-electron chi connectivity index (χ1n) is 9.76. The molecule has 2 N–H and O–H groups in total. The Hall–Kier alpha value is -2.59. The Labute approximate surface area is 183 Å². The van der Waals surface area contributed by atoms with Crippen LogP contribution in [0.15, 0.2) is 41.6 Å². The first kappa shape index (κ1) is 19.4. The number of aliphatic imine (C=N–C) groups is 1. The predicted molar refractivity (Wildman–Crippen MR) is 122 cm³/mol. The second-order valence-electron chi connectivity index (χ2n) is 7.16. The van der Waals surface area contributed by atoms with Crippen LogP contribution in [0.3, 0.4) is 0 Å². The first-order chi connectivity index (χ1) is 14.6. The van der Waals surface area contributed by atoms with Gasteiger partial charge >= 0.3 is 0 Å². The van der Waals surface area contributed by atoms with E-state index in [4.69, 9.17) is 16.6 Å². The van der Waals surface area contributed by atoms with E-state index in [2.05, 4.69) is 49.1 Å². The van der Waals surface area contributed by atoms with E-state index in [1.54, 1.807) is 11.8 Å². The number of piperazine rings is 1. The van der Waals surface area contributed by atoms with E-state index in [9.17, 15) is 0 Å². The summed E-state index contributed by atoms with van der Waals surface area (Å²) >= 11 is 8.02. The van der Waals surface area contributed by atoms with Gasteiger partial charge in [-0.2, -0.15) is 0 Å². The quantitative estimate of drug-likeness (QED) is 0.643. The summed E-state index contributed by atoms with van der Waals surface area (Å²) in [6, 6.07) is 5.61. The molecule has 1 aromatic carbocycles. The van der Waals surface area contributed by atoms with E-state index in [-0.39, 0.29) is 6.04 Å². The zero-order chi connectivity index (χ0) is 20.7. The van der Waals surface area contributed by atoms with Crippen molar-refractivity contribution in [1.29, 1.82) is 0 Å². The zero-order valence-electron chi connectivity index (χ0n) is 16.5. The number of hydrazine groups is 1. The third kappa shape index (κ3) is 3.33. The molecule has 2 aliphatic heterocycles. The monoisotopic (exact) mass is 440 g/mol. The molecule has 1 atom stereocenters. The lowest BCUT2D eigenvalue weighted by molar-refractivity contribution is 0.0815. The van der Waals surface area contributed by atoms with Crippen LogP contribution >= 0.6 is 22.9 Å². The molecule has 10 heteroatoms. The Morgan fingerprint density at radius 2 is 2.07 bits per heavy atom. The lowest BCUT2D eigenvalue weighted by Gasteiger charge is -2.44. The third-order valence-corrected chi connectivity index (χ3v) is 6.29. The SMILES string of the molecule is C=C1c2c(Cl)cccc2N=C([C@H](C)Nc2ncnc3scnc23)N1N1CCNCC1. The van der Waals surface area contributed by atoms with Gasteiger partial charge in [-0.15, -0.1) is 11.3 Å². The van der Waals surface area contributed by atoms with Gasteiger partial charge in [-0.05, 0) is 19.1 Å². The number of benzene rings is 1. The Morgan fingerprint density at radius 3 is 2.90 bits per heavy atom. The van der Waals surface area contributed by atoms with Crippen LogP contribution in [0.25, 0.3) is 16.0 Å². The second-order valence-corrected chi connectivity index (χ2v) is 8.40. The van der Waals surface area contributed by atoms with E-state index < -0.39 is 0 Å². The van der Waals surface area contributed by atoms with Crippen molar-refractivity contribution in [3.8, 4) is 0 Å². The molecule has 1 saturated heterocycles. The van der Waals surface area contributed by atoms with Crippen molar-refractivity contribution < 1.29 is 0 Å². The molecule has 0 radical (unpaired) electrons. The van der Waals surface area contributed by atoms with Crippen molar-refractivity contribution in [3.63, 3.8) is 0 Å². The number of nitrogens with zero attached hydrogens (tertiary/aromatic N) is 6. The molecule has 0 spiro atoms. The summed E-state index contributed by atoms with van der Waals surface area (Å²) < 4.78 is 0. The molecule has 0 bridgehead atoms. The van der Waals surface area contributed by atoms with Crippen molar-refractivity contribution >= 4 is 56.3 Å². The number of nitrogens with one attached hydrogen (secondary N) is 2. The van der Waals surface area contributed by atoms with Gasteiger partial charge in [0.15, 0.2) is 5.82 Å². The van der Waals surface area contributed by atoms with Crippen LogP contribution in [0.5, 0.6) is 0 Å². The highest BCUT2D eigenvalue weighted by Crippen LogP contribution is 2.39. The molecule has 2 aromatic heterocycles. The van der Waals surface area contributed by atoms with Gasteiger partial charge in [0.25, 0.3) is 0 Å². The summed E-state index contributed by atoms with van der Waals surface area (Å²) in [6.45, 7) is 9.97.